The molecule has 30 heavy (non-hydrogen) atoms. The smallest absolute Gasteiger partial charge is 0.459 e. The van der Waals surface area contributed by atoms with Crippen molar-refractivity contribution in [3.63, 3.8) is 0 Å². The molecule has 2 saturated heterocycles. The molecule has 2 heterocycles. The number of nitrogens with one attached hydrogen (secondary N) is 2. The molecule has 166 valence electrons. The molecular formula is C23H37BN2O4. The van der Waals surface area contributed by atoms with Crippen molar-refractivity contribution in [3.8, 4) is 0 Å². The lowest BCUT2D eigenvalue weighted by Gasteiger charge is -2.47. The van der Waals surface area contributed by atoms with Crippen LogP contribution in [0.2, 0.25) is 0 Å². The minimum absolute atomic E-state index is 0.191. The summed E-state index contributed by atoms with van der Waals surface area (Å²) < 4.78 is 18.4. The van der Waals surface area contributed by atoms with Crippen LogP contribution in [0.15, 0.2) is 30.3 Å². The van der Waals surface area contributed by atoms with E-state index in [4.69, 9.17) is 14.0 Å². The third-order valence-electron chi connectivity index (χ3n) is 6.38. The van der Waals surface area contributed by atoms with Crippen LogP contribution < -0.4 is 16.1 Å². The van der Waals surface area contributed by atoms with Crippen molar-refractivity contribution in [3.05, 3.63) is 30.3 Å². The zero-order chi connectivity index (χ0) is 22.0. The quantitative estimate of drug-likeness (QED) is 0.549. The predicted octanol–water partition coefficient (Wildman–Crippen LogP) is 2.41. The second-order valence-corrected chi connectivity index (χ2v) is 10.4. The van der Waals surface area contributed by atoms with Crippen molar-refractivity contribution in [1.82, 2.24) is 10.6 Å². The fraction of sp³-hybridized carbons (Fsp3) is 0.696. The van der Waals surface area contributed by atoms with E-state index in [2.05, 4.69) is 31.4 Å². The normalized spacial score (nSPS) is 25.9. The Hall–Kier alpha value is -1.41. The number of piperidine rings is 1. The minimum Gasteiger partial charge on any atom is -0.459 e. The molecule has 0 radical (unpaired) electrons. The highest BCUT2D eigenvalue weighted by Crippen LogP contribution is 2.44. The van der Waals surface area contributed by atoms with Crippen LogP contribution >= 0.6 is 0 Å². The van der Waals surface area contributed by atoms with Gasteiger partial charge in [0, 0.05) is 5.54 Å². The summed E-state index contributed by atoms with van der Waals surface area (Å²) in [5, 5.41) is 6.98. The fourth-order valence-corrected chi connectivity index (χ4v) is 4.40. The maximum Gasteiger partial charge on any atom is 0.494 e. The number of rotatable bonds is 6. The Morgan fingerprint density at radius 3 is 2.37 bits per heavy atom. The van der Waals surface area contributed by atoms with Gasteiger partial charge >= 0.3 is 13.1 Å². The van der Waals surface area contributed by atoms with Crippen molar-refractivity contribution in [1.29, 1.82) is 0 Å². The average Bonchev–Trinajstić information content (AvgIpc) is 2.89. The molecule has 6 nitrogen and oxygen atoms in total. The first-order chi connectivity index (χ1) is 13.9. The maximum atomic E-state index is 12.4. The van der Waals surface area contributed by atoms with E-state index in [0.717, 1.165) is 37.8 Å². The summed E-state index contributed by atoms with van der Waals surface area (Å²) in [5.41, 5.74) is -0.664. The Morgan fingerprint density at radius 1 is 1.13 bits per heavy atom. The van der Waals surface area contributed by atoms with Crippen molar-refractivity contribution >= 4 is 18.6 Å². The second-order valence-electron chi connectivity index (χ2n) is 10.4. The molecule has 2 fully saturated rings. The van der Waals surface area contributed by atoms with Gasteiger partial charge in [0.25, 0.3) is 0 Å². The molecule has 0 saturated carbocycles. The minimum atomic E-state index is -0.508. The Morgan fingerprint density at radius 2 is 1.77 bits per heavy atom. The molecule has 0 aliphatic carbocycles. The van der Waals surface area contributed by atoms with Crippen LogP contribution in [-0.4, -0.2) is 55.1 Å². The molecule has 2 aliphatic heterocycles. The molecule has 1 unspecified atom stereocenters. The Labute approximate surface area is 181 Å². The number of hydrogen-bond acceptors (Lipinski definition) is 6. The standard InChI is InChI=1S/C23H37BN2O4/c1-20(2,3)28-19(27)16-26-23(12-14-25-15-13-23)17-22(6)21(4,5)29-24(30-22)18-10-8-7-9-11-18/h7-11,25-26H,12-17H2,1-6H3. The Kier molecular flexibility index (Phi) is 6.68. The lowest BCUT2D eigenvalue weighted by molar-refractivity contribution is -0.154. The van der Waals surface area contributed by atoms with Gasteiger partial charge in [-0.15, -0.1) is 0 Å². The first-order valence-corrected chi connectivity index (χ1v) is 11.0. The average molecular weight is 416 g/mol. The Bertz CT molecular complexity index is 728. The van der Waals surface area contributed by atoms with Crippen molar-refractivity contribution in [2.75, 3.05) is 19.6 Å². The number of carbonyl (C=O) groups is 1. The summed E-state index contributed by atoms with van der Waals surface area (Å²) in [5.74, 6) is -0.226. The molecule has 3 rings (SSSR count). The van der Waals surface area contributed by atoms with E-state index in [-0.39, 0.29) is 18.1 Å². The van der Waals surface area contributed by atoms with Gasteiger partial charge in [0.1, 0.15) is 5.60 Å². The van der Waals surface area contributed by atoms with Gasteiger partial charge in [-0.05, 0) is 79.4 Å². The van der Waals surface area contributed by atoms with Gasteiger partial charge in [-0.2, -0.15) is 0 Å². The van der Waals surface area contributed by atoms with Crippen LogP contribution in [0, 0.1) is 0 Å². The van der Waals surface area contributed by atoms with Crippen molar-refractivity contribution in [2.24, 2.45) is 0 Å². The van der Waals surface area contributed by atoms with Gasteiger partial charge in [0.05, 0.1) is 17.7 Å². The lowest BCUT2D eigenvalue weighted by atomic mass is 9.73. The molecule has 0 spiro atoms. The van der Waals surface area contributed by atoms with Gasteiger partial charge < -0.3 is 24.7 Å². The molecule has 1 atom stereocenters. The van der Waals surface area contributed by atoms with Crippen molar-refractivity contribution < 1.29 is 18.8 Å². The summed E-state index contributed by atoms with van der Waals surface area (Å²) in [6, 6.07) is 10.1. The molecule has 0 bridgehead atoms. The molecule has 7 heteroatoms. The van der Waals surface area contributed by atoms with Crippen LogP contribution in [0.5, 0.6) is 0 Å². The number of esters is 1. The first kappa shape index (κ1) is 23.3. The molecular weight excluding hydrogens is 379 g/mol. The highest BCUT2D eigenvalue weighted by molar-refractivity contribution is 6.62. The van der Waals surface area contributed by atoms with Crippen molar-refractivity contribution in [2.45, 2.75) is 83.1 Å². The number of ether oxygens (including phenoxy) is 1. The highest BCUT2D eigenvalue weighted by Gasteiger charge is 2.57. The van der Waals surface area contributed by atoms with Crippen LogP contribution in [-0.2, 0) is 18.8 Å². The van der Waals surface area contributed by atoms with E-state index in [0.29, 0.717) is 0 Å². The topological polar surface area (TPSA) is 68.8 Å². The van der Waals surface area contributed by atoms with Gasteiger partial charge in [-0.3, -0.25) is 4.79 Å². The third kappa shape index (κ3) is 5.44. The van der Waals surface area contributed by atoms with Gasteiger partial charge in [0.2, 0.25) is 0 Å². The van der Waals surface area contributed by atoms with Crippen LogP contribution in [0.4, 0.5) is 0 Å². The molecule has 2 aliphatic rings. The first-order valence-electron chi connectivity index (χ1n) is 11.0. The molecule has 2 N–H and O–H groups in total. The third-order valence-corrected chi connectivity index (χ3v) is 6.38. The second kappa shape index (κ2) is 8.62. The van der Waals surface area contributed by atoms with E-state index in [1.165, 1.54) is 0 Å². The van der Waals surface area contributed by atoms with Crippen LogP contribution in [0.1, 0.15) is 60.8 Å². The molecule has 1 aromatic carbocycles. The Balaban J connectivity index is 1.75. The summed E-state index contributed by atoms with van der Waals surface area (Å²) >= 11 is 0. The van der Waals surface area contributed by atoms with Crippen LogP contribution in [0.3, 0.4) is 0 Å². The maximum absolute atomic E-state index is 12.4. The van der Waals surface area contributed by atoms with E-state index in [1.807, 2.05) is 51.1 Å². The van der Waals surface area contributed by atoms with Gasteiger partial charge in [-0.1, -0.05) is 30.3 Å². The summed E-state index contributed by atoms with van der Waals surface area (Å²) in [7, 11) is -0.393. The van der Waals surface area contributed by atoms with E-state index < -0.39 is 23.9 Å². The molecule has 0 aromatic heterocycles. The zero-order valence-corrected chi connectivity index (χ0v) is 19.3. The monoisotopic (exact) mass is 416 g/mol. The van der Waals surface area contributed by atoms with Gasteiger partial charge in [-0.25, -0.2) is 0 Å². The number of hydrogen-bond donors (Lipinski definition) is 2. The van der Waals surface area contributed by atoms with Gasteiger partial charge in [0.15, 0.2) is 0 Å². The number of benzene rings is 1. The van der Waals surface area contributed by atoms with E-state index in [1.54, 1.807) is 0 Å². The largest absolute Gasteiger partial charge is 0.494 e. The van der Waals surface area contributed by atoms with Crippen LogP contribution in [0.25, 0.3) is 0 Å². The molecule has 0 amide bonds. The number of carbonyl (C=O) groups excluding carboxylic acids is 1. The SMILES string of the molecule is CC(C)(C)OC(=O)CNC1(CC2(C)OB(c3ccccc3)OC2(C)C)CCNCC1. The predicted molar refractivity (Wildman–Crippen MR) is 120 cm³/mol. The highest BCUT2D eigenvalue weighted by atomic mass is 16.7. The fourth-order valence-electron chi connectivity index (χ4n) is 4.40. The van der Waals surface area contributed by atoms with E-state index in [9.17, 15) is 4.79 Å². The summed E-state index contributed by atoms with van der Waals surface area (Å²) in [4.78, 5) is 12.4. The zero-order valence-electron chi connectivity index (χ0n) is 19.3. The lowest BCUT2D eigenvalue weighted by Crippen LogP contribution is -2.60. The summed E-state index contributed by atoms with van der Waals surface area (Å²) in [6.45, 7) is 14.0. The van der Waals surface area contributed by atoms with E-state index >= 15 is 0 Å². The molecule has 1 aromatic rings. The summed E-state index contributed by atoms with van der Waals surface area (Å²) in [6.07, 6.45) is 2.59.